The summed E-state index contributed by atoms with van der Waals surface area (Å²) in [5, 5.41) is 11.1. The summed E-state index contributed by atoms with van der Waals surface area (Å²) in [4.78, 5) is 21.7. The Bertz CT molecular complexity index is 237. The molecule has 0 saturated carbocycles. The third-order valence-electron chi connectivity index (χ3n) is 2.15. The van der Waals surface area contributed by atoms with E-state index >= 15 is 0 Å². The lowest BCUT2D eigenvalue weighted by atomic mass is 10.1. The zero-order valence-electron chi connectivity index (χ0n) is 8.56. The Labute approximate surface area is 87.5 Å². The summed E-state index contributed by atoms with van der Waals surface area (Å²) < 4.78 is 10.4. The van der Waals surface area contributed by atoms with E-state index in [1.807, 2.05) is 0 Å². The number of ether oxygens (including phenoxy) is 2. The maximum Gasteiger partial charge on any atom is 0.315 e. The van der Waals surface area contributed by atoms with Crippen molar-refractivity contribution in [3.05, 3.63) is 0 Å². The Balaban J connectivity index is 2.23. The van der Waals surface area contributed by atoms with Crippen molar-refractivity contribution >= 4 is 11.9 Å². The van der Waals surface area contributed by atoms with E-state index < -0.39 is 17.8 Å². The van der Waals surface area contributed by atoms with Gasteiger partial charge >= 0.3 is 5.97 Å². The molecule has 6 nitrogen and oxygen atoms in total. The van der Waals surface area contributed by atoms with Crippen LogP contribution in [0.3, 0.4) is 0 Å². The molecule has 0 aromatic heterocycles. The number of nitrogens with one attached hydrogen (secondary N) is 1. The van der Waals surface area contributed by atoms with Crippen LogP contribution < -0.4 is 5.32 Å². The van der Waals surface area contributed by atoms with Gasteiger partial charge in [0, 0.05) is 6.54 Å². The van der Waals surface area contributed by atoms with Crippen molar-refractivity contribution in [2.24, 2.45) is 5.92 Å². The number of carbonyl (C=O) groups excluding carboxylic acids is 1. The molecule has 2 N–H and O–H groups in total. The van der Waals surface area contributed by atoms with Gasteiger partial charge in [-0.3, -0.25) is 9.59 Å². The van der Waals surface area contributed by atoms with Crippen molar-refractivity contribution in [1.82, 2.24) is 5.32 Å². The summed E-state index contributed by atoms with van der Waals surface area (Å²) in [5.74, 6) is -2.67. The first-order chi connectivity index (χ1) is 7.11. The van der Waals surface area contributed by atoms with E-state index in [1.54, 1.807) is 0 Å². The van der Waals surface area contributed by atoms with Gasteiger partial charge in [0.15, 0.2) is 0 Å². The molecule has 2 unspecified atom stereocenters. The van der Waals surface area contributed by atoms with Crippen LogP contribution >= 0.6 is 0 Å². The molecule has 1 heterocycles. The molecule has 1 saturated heterocycles. The molecule has 1 rings (SSSR count). The van der Waals surface area contributed by atoms with Crippen molar-refractivity contribution in [1.29, 1.82) is 0 Å². The molecule has 6 heteroatoms. The predicted molar refractivity (Wildman–Crippen MR) is 50.4 cm³/mol. The van der Waals surface area contributed by atoms with Crippen LogP contribution in [0.15, 0.2) is 0 Å². The molecule has 1 aliphatic heterocycles. The summed E-state index contributed by atoms with van der Waals surface area (Å²) >= 11 is 0. The molecule has 0 bridgehead atoms. The van der Waals surface area contributed by atoms with Gasteiger partial charge in [0.2, 0.25) is 5.91 Å². The van der Waals surface area contributed by atoms with Crippen LogP contribution in [0, 0.1) is 5.92 Å². The number of hydrogen-bond donors (Lipinski definition) is 2. The molecule has 0 radical (unpaired) electrons. The second-order valence-electron chi connectivity index (χ2n) is 3.37. The van der Waals surface area contributed by atoms with Crippen molar-refractivity contribution in [3.8, 4) is 0 Å². The minimum Gasteiger partial charge on any atom is -0.481 e. The first-order valence-electron chi connectivity index (χ1n) is 4.81. The van der Waals surface area contributed by atoms with Gasteiger partial charge in [0.1, 0.15) is 5.92 Å². The van der Waals surface area contributed by atoms with Gasteiger partial charge in [0.05, 0.1) is 25.9 Å². The average Bonchev–Trinajstić information content (AvgIpc) is 2.26. The number of rotatable bonds is 4. The molecule has 1 amide bonds. The lowest BCUT2D eigenvalue weighted by molar-refractivity contribution is -0.146. The Morgan fingerprint density at radius 1 is 1.53 bits per heavy atom. The predicted octanol–water partition coefficient (Wildman–Crippen LogP) is -0.761. The van der Waals surface area contributed by atoms with Crippen LogP contribution in [-0.4, -0.2) is 49.5 Å². The van der Waals surface area contributed by atoms with Crippen molar-refractivity contribution in [3.63, 3.8) is 0 Å². The SMILES string of the molecule is CC(C(=O)O)C(=O)NCC1COCCO1. The van der Waals surface area contributed by atoms with Gasteiger partial charge in [-0.1, -0.05) is 0 Å². The standard InChI is InChI=1S/C9H15NO5/c1-6(9(12)13)8(11)10-4-7-5-14-2-3-15-7/h6-7H,2-5H2,1H3,(H,10,11)(H,12,13). The first-order valence-corrected chi connectivity index (χ1v) is 4.81. The van der Waals surface area contributed by atoms with Gasteiger partial charge in [-0.05, 0) is 6.92 Å². The first kappa shape index (κ1) is 11.9. The third-order valence-corrected chi connectivity index (χ3v) is 2.15. The molecule has 1 aliphatic rings. The number of aliphatic carboxylic acids is 1. The minimum atomic E-state index is -1.13. The summed E-state index contributed by atoms with van der Waals surface area (Å²) in [6.45, 7) is 3.14. The van der Waals surface area contributed by atoms with Crippen LogP contribution in [0.2, 0.25) is 0 Å². The van der Waals surface area contributed by atoms with Gasteiger partial charge in [0.25, 0.3) is 0 Å². The molecule has 2 atom stereocenters. The number of amides is 1. The van der Waals surface area contributed by atoms with E-state index in [0.29, 0.717) is 19.8 Å². The second-order valence-corrected chi connectivity index (χ2v) is 3.37. The second kappa shape index (κ2) is 5.67. The summed E-state index contributed by atoms with van der Waals surface area (Å²) in [6, 6.07) is 0. The number of hydrogen-bond acceptors (Lipinski definition) is 4. The molecule has 0 aromatic rings. The lowest BCUT2D eigenvalue weighted by Crippen LogP contribution is -2.42. The van der Waals surface area contributed by atoms with Crippen molar-refractivity contribution < 1.29 is 24.2 Å². The molecular weight excluding hydrogens is 202 g/mol. The zero-order valence-corrected chi connectivity index (χ0v) is 8.56. The van der Waals surface area contributed by atoms with E-state index in [9.17, 15) is 9.59 Å². The van der Waals surface area contributed by atoms with Gasteiger partial charge in [-0.25, -0.2) is 0 Å². The van der Waals surface area contributed by atoms with Crippen LogP contribution in [0.1, 0.15) is 6.92 Å². The largest absolute Gasteiger partial charge is 0.481 e. The summed E-state index contributed by atoms with van der Waals surface area (Å²) in [5.41, 5.74) is 0. The highest BCUT2D eigenvalue weighted by molar-refractivity contribution is 5.96. The quantitative estimate of drug-likeness (QED) is 0.604. The Hall–Kier alpha value is -1.14. The van der Waals surface area contributed by atoms with Crippen LogP contribution in [-0.2, 0) is 19.1 Å². The topological polar surface area (TPSA) is 84.9 Å². The minimum absolute atomic E-state index is 0.177. The number of carbonyl (C=O) groups is 2. The Kier molecular flexibility index (Phi) is 4.51. The smallest absolute Gasteiger partial charge is 0.315 e. The molecule has 0 spiro atoms. The zero-order chi connectivity index (χ0) is 11.3. The molecule has 86 valence electrons. The molecule has 15 heavy (non-hydrogen) atoms. The highest BCUT2D eigenvalue weighted by Gasteiger charge is 2.22. The van der Waals surface area contributed by atoms with Gasteiger partial charge < -0.3 is 19.9 Å². The van der Waals surface area contributed by atoms with Crippen molar-refractivity contribution in [2.75, 3.05) is 26.4 Å². The summed E-state index contributed by atoms with van der Waals surface area (Å²) in [6.07, 6.45) is -0.177. The molecule has 0 aliphatic carbocycles. The molecule has 1 fully saturated rings. The maximum atomic E-state index is 11.2. The number of carboxylic acids is 1. The lowest BCUT2D eigenvalue weighted by Gasteiger charge is -2.23. The Morgan fingerprint density at radius 3 is 2.80 bits per heavy atom. The van der Waals surface area contributed by atoms with Gasteiger partial charge in [-0.15, -0.1) is 0 Å². The average molecular weight is 217 g/mol. The fraction of sp³-hybridized carbons (Fsp3) is 0.778. The monoisotopic (exact) mass is 217 g/mol. The third kappa shape index (κ3) is 3.85. The van der Waals surface area contributed by atoms with Gasteiger partial charge in [-0.2, -0.15) is 0 Å². The highest BCUT2D eigenvalue weighted by atomic mass is 16.6. The van der Waals surface area contributed by atoms with Crippen LogP contribution in [0.5, 0.6) is 0 Å². The van der Waals surface area contributed by atoms with E-state index in [2.05, 4.69) is 5.32 Å². The van der Waals surface area contributed by atoms with Crippen LogP contribution in [0.4, 0.5) is 0 Å². The maximum absolute atomic E-state index is 11.2. The summed E-state index contributed by atoms with van der Waals surface area (Å²) in [7, 11) is 0. The van der Waals surface area contributed by atoms with E-state index in [-0.39, 0.29) is 12.6 Å². The molecular formula is C9H15NO5. The Morgan fingerprint density at radius 2 is 2.27 bits per heavy atom. The molecule has 0 aromatic carbocycles. The van der Waals surface area contributed by atoms with E-state index in [0.717, 1.165) is 0 Å². The fourth-order valence-corrected chi connectivity index (χ4v) is 1.13. The van der Waals surface area contributed by atoms with E-state index in [1.165, 1.54) is 6.92 Å². The van der Waals surface area contributed by atoms with E-state index in [4.69, 9.17) is 14.6 Å². The van der Waals surface area contributed by atoms with Crippen molar-refractivity contribution in [2.45, 2.75) is 13.0 Å². The highest BCUT2D eigenvalue weighted by Crippen LogP contribution is 2.00. The van der Waals surface area contributed by atoms with Crippen LogP contribution in [0.25, 0.3) is 0 Å². The number of carboxylic acid groups (broad SMARTS) is 1. The normalized spacial score (nSPS) is 23.1. The fourth-order valence-electron chi connectivity index (χ4n) is 1.13.